The van der Waals surface area contributed by atoms with Crippen molar-refractivity contribution in [2.45, 2.75) is 70.7 Å². The van der Waals surface area contributed by atoms with Gasteiger partial charge in [0.05, 0.1) is 5.92 Å². The highest BCUT2D eigenvalue weighted by Crippen LogP contribution is 2.41. The van der Waals surface area contributed by atoms with E-state index < -0.39 is 41.7 Å². The second-order valence-electron chi connectivity index (χ2n) is 6.93. The summed E-state index contributed by atoms with van der Waals surface area (Å²) in [5.41, 5.74) is -0.925. The molecule has 2 atom stereocenters. The van der Waals surface area contributed by atoms with Crippen LogP contribution in [0.2, 0.25) is 0 Å². The van der Waals surface area contributed by atoms with Crippen LogP contribution in [0.5, 0.6) is 0 Å². The van der Waals surface area contributed by atoms with E-state index in [0.717, 1.165) is 6.42 Å². The number of amides is 1. The zero-order valence-electron chi connectivity index (χ0n) is 13.6. The fourth-order valence-electron chi connectivity index (χ4n) is 2.96. The van der Waals surface area contributed by atoms with Crippen molar-refractivity contribution in [2.75, 3.05) is 0 Å². The third kappa shape index (κ3) is 6.27. The fraction of sp³-hybridized carbons (Fsp3) is 0.867. The van der Waals surface area contributed by atoms with Crippen LogP contribution in [-0.4, -0.2) is 35.0 Å². The van der Waals surface area contributed by atoms with Crippen LogP contribution in [0.15, 0.2) is 0 Å². The molecule has 0 aromatic rings. The van der Waals surface area contributed by atoms with Crippen molar-refractivity contribution < 1.29 is 32.6 Å². The average Bonchev–Trinajstić information content (AvgIpc) is 2.35. The summed E-state index contributed by atoms with van der Waals surface area (Å²) in [5.74, 6) is -4.63. The van der Waals surface area contributed by atoms with Gasteiger partial charge in [0.25, 0.3) is 0 Å². The molecule has 0 radical (unpaired) electrons. The highest BCUT2D eigenvalue weighted by atomic mass is 19.4. The molecule has 0 spiro atoms. The lowest BCUT2D eigenvalue weighted by atomic mass is 9.76. The number of alkyl carbamates (subject to hydrolysis) is 1. The number of aliphatic carboxylic acids is 1. The van der Waals surface area contributed by atoms with E-state index in [1.807, 2.05) is 5.32 Å². The molecule has 1 fully saturated rings. The van der Waals surface area contributed by atoms with Gasteiger partial charge < -0.3 is 15.2 Å². The van der Waals surface area contributed by atoms with E-state index in [1.165, 1.54) is 0 Å². The number of carbonyl (C=O) groups is 2. The molecule has 1 aliphatic carbocycles. The number of rotatable bonds is 4. The number of carbonyl (C=O) groups excluding carboxylic acids is 1. The summed E-state index contributed by atoms with van der Waals surface area (Å²) >= 11 is 0. The second-order valence-corrected chi connectivity index (χ2v) is 6.93. The van der Waals surface area contributed by atoms with E-state index in [1.54, 1.807) is 20.8 Å². The van der Waals surface area contributed by atoms with Crippen molar-refractivity contribution in [1.29, 1.82) is 0 Å². The standard InChI is InChI=1S/C15H24F3NO4/c1-14(2,3)23-13(22)19-11(12(20)21)10(15(16,17)18)9-7-5-4-6-8-9/h9-11H,4-8H2,1-3H3,(H,19,22)(H,20,21)/t10-,11+/m0/s1. The van der Waals surface area contributed by atoms with Crippen LogP contribution in [0.25, 0.3) is 0 Å². The predicted molar refractivity (Wildman–Crippen MR) is 76.9 cm³/mol. The Morgan fingerprint density at radius 1 is 1.13 bits per heavy atom. The summed E-state index contributed by atoms with van der Waals surface area (Å²) in [6.45, 7) is 4.64. The lowest BCUT2D eigenvalue weighted by Crippen LogP contribution is -2.54. The average molecular weight is 339 g/mol. The first-order valence-electron chi connectivity index (χ1n) is 7.71. The van der Waals surface area contributed by atoms with Crippen LogP contribution >= 0.6 is 0 Å². The number of carboxylic acid groups (broad SMARTS) is 1. The molecule has 0 aromatic heterocycles. The van der Waals surface area contributed by atoms with Crippen molar-refractivity contribution in [3.63, 3.8) is 0 Å². The summed E-state index contributed by atoms with van der Waals surface area (Å²) in [5, 5.41) is 11.1. The lowest BCUT2D eigenvalue weighted by Gasteiger charge is -2.35. The maximum absolute atomic E-state index is 13.4. The van der Waals surface area contributed by atoms with Gasteiger partial charge in [-0.15, -0.1) is 0 Å². The van der Waals surface area contributed by atoms with Gasteiger partial charge in [0.1, 0.15) is 11.6 Å². The van der Waals surface area contributed by atoms with Crippen molar-refractivity contribution in [2.24, 2.45) is 11.8 Å². The Morgan fingerprint density at radius 3 is 2.04 bits per heavy atom. The Labute approximate surface area is 133 Å². The van der Waals surface area contributed by atoms with Crippen molar-refractivity contribution in [1.82, 2.24) is 5.32 Å². The molecule has 1 amide bonds. The van der Waals surface area contributed by atoms with E-state index in [0.29, 0.717) is 25.7 Å². The molecule has 23 heavy (non-hydrogen) atoms. The first-order chi connectivity index (χ1) is 10.4. The molecule has 134 valence electrons. The van der Waals surface area contributed by atoms with Gasteiger partial charge in [-0.25, -0.2) is 9.59 Å². The monoisotopic (exact) mass is 339 g/mol. The van der Waals surface area contributed by atoms with E-state index in [2.05, 4.69) is 0 Å². The molecule has 8 heteroatoms. The number of halogens is 3. The van der Waals surface area contributed by atoms with Gasteiger partial charge in [0.2, 0.25) is 0 Å². The second kappa shape index (κ2) is 7.40. The van der Waals surface area contributed by atoms with Gasteiger partial charge in [-0.05, 0) is 39.5 Å². The molecule has 1 aliphatic rings. The number of hydrogen-bond acceptors (Lipinski definition) is 3. The Balaban J connectivity index is 2.96. The Morgan fingerprint density at radius 2 is 1.65 bits per heavy atom. The summed E-state index contributed by atoms with van der Waals surface area (Å²) in [6, 6.07) is -2.05. The first kappa shape index (κ1) is 19.6. The zero-order chi connectivity index (χ0) is 17.8. The third-order valence-corrected chi connectivity index (χ3v) is 3.83. The van der Waals surface area contributed by atoms with Gasteiger partial charge in [-0.1, -0.05) is 19.3 Å². The van der Waals surface area contributed by atoms with Gasteiger partial charge in [0, 0.05) is 0 Å². The van der Waals surface area contributed by atoms with Crippen LogP contribution in [0.1, 0.15) is 52.9 Å². The molecule has 1 rings (SSSR count). The molecule has 2 N–H and O–H groups in total. The number of carboxylic acids is 1. The largest absolute Gasteiger partial charge is 0.480 e. The topological polar surface area (TPSA) is 75.6 Å². The molecule has 0 saturated heterocycles. The Kier molecular flexibility index (Phi) is 6.30. The molecule has 0 bridgehead atoms. The maximum atomic E-state index is 13.4. The molecule has 0 aromatic carbocycles. The fourth-order valence-corrected chi connectivity index (χ4v) is 2.96. The van der Waals surface area contributed by atoms with E-state index in [4.69, 9.17) is 4.74 Å². The van der Waals surface area contributed by atoms with Crippen LogP contribution in [0, 0.1) is 11.8 Å². The van der Waals surface area contributed by atoms with E-state index in [-0.39, 0.29) is 0 Å². The van der Waals surface area contributed by atoms with Crippen LogP contribution in [0.4, 0.5) is 18.0 Å². The van der Waals surface area contributed by atoms with Crippen LogP contribution < -0.4 is 5.32 Å². The Hall–Kier alpha value is -1.47. The summed E-state index contributed by atoms with van der Waals surface area (Å²) in [7, 11) is 0. The van der Waals surface area contributed by atoms with E-state index >= 15 is 0 Å². The molecule has 5 nitrogen and oxygen atoms in total. The number of nitrogens with one attached hydrogen (secondary N) is 1. The normalized spacial score (nSPS) is 19.7. The molecule has 0 aliphatic heterocycles. The highest BCUT2D eigenvalue weighted by molar-refractivity contribution is 5.80. The van der Waals surface area contributed by atoms with Crippen molar-refractivity contribution in [3.05, 3.63) is 0 Å². The maximum Gasteiger partial charge on any atom is 0.408 e. The minimum Gasteiger partial charge on any atom is -0.480 e. The minimum atomic E-state index is -4.71. The van der Waals surface area contributed by atoms with Crippen LogP contribution in [0.3, 0.4) is 0 Å². The van der Waals surface area contributed by atoms with Gasteiger partial charge in [0.15, 0.2) is 0 Å². The SMILES string of the molecule is CC(C)(C)OC(=O)N[C@@H](C(=O)O)[C@H](C1CCCCC1)C(F)(F)F. The highest BCUT2D eigenvalue weighted by Gasteiger charge is 2.52. The number of hydrogen-bond donors (Lipinski definition) is 2. The first-order valence-corrected chi connectivity index (χ1v) is 7.71. The zero-order valence-corrected chi connectivity index (χ0v) is 13.6. The van der Waals surface area contributed by atoms with Gasteiger partial charge in [-0.3, -0.25) is 0 Å². The number of ether oxygens (including phenoxy) is 1. The smallest absolute Gasteiger partial charge is 0.408 e. The van der Waals surface area contributed by atoms with Gasteiger partial charge >= 0.3 is 18.2 Å². The molecule has 1 saturated carbocycles. The van der Waals surface area contributed by atoms with Crippen LogP contribution in [-0.2, 0) is 9.53 Å². The summed E-state index contributed by atoms with van der Waals surface area (Å²) in [6.07, 6.45) is -3.13. The van der Waals surface area contributed by atoms with Gasteiger partial charge in [-0.2, -0.15) is 13.2 Å². The summed E-state index contributed by atoms with van der Waals surface area (Å²) < 4.78 is 45.2. The predicted octanol–water partition coefficient (Wildman–Crippen LogP) is 3.72. The lowest BCUT2D eigenvalue weighted by molar-refractivity contribution is -0.204. The quantitative estimate of drug-likeness (QED) is 0.818. The molecule has 0 unspecified atom stereocenters. The number of alkyl halides is 3. The van der Waals surface area contributed by atoms with E-state index in [9.17, 15) is 27.9 Å². The molecule has 0 heterocycles. The Bertz CT molecular complexity index is 425. The van der Waals surface area contributed by atoms with Crippen molar-refractivity contribution >= 4 is 12.1 Å². The minimum absolute atomic E-state index is 0.309. The molecular weight excluding hydrogens is 315 g/mol. The molecular formula is C15H24F3NO4. The third-order valence-electron chi connectivity index (χ3n) is 3.83. The summed E-state index contributed by atoms with van der Waals surface area (Å²) in [4.78, 5) is 23.1. The van der Waals surface area contributed by atoms with Crippen molar-refractivity contribution in [3.8, 4) is 0 Å².